The van der Waals surface area contributed by atoms with Crippen LogP contribution in [0.4, 0.5) is 17.1 Å². The summed E-state index contributed by atoms with van der Waals surface area (Å²) in [6.45, 7) is 0. The third kappa shape index (κ3) is 10.2. The first kappa shape index (κ1) is 41.9. The Morgan fingerprint density at radius 2 is 0.439 bits per heavy atom. The molecule has 0 aromatic heterocycles. The Kier molecular flexibility index (Phi) is 13.5. The number of carbonyl (C=O) groups is 9. The molecule has 4 aromatic carbocycles. The summed E-state index contributed by atoms with van der Waals surface area (Å²) in [6.07, 6.45) is 0. The Morgan fingerprint density at radius 1 is 0.281 bits per heavy atom. The number of anilines is 3. The molecule has 0 atom stereocenters. The van der Waals surface area contributed by atoms with E-state index in [4.69, 9.17) is 28.4 Å². The van der Waals surface area contributed by atoms with Crippen molar-refractivity contribution in [2.45, 2.75) is 0 Å². The standard InChI is InChI=1S/C39H33N3O15/c1-52-34(46)22-10-23(35(47)53-2)14-28(13-22)40-31(43)19-7-20(32(44)41-29-15-24(36(48)54-3)11-25(16-29)37(49)55-4)9-21(8-19)33(45)42-30-17-26(38(50)56-5)12-27(18-30)39(51)57-6/h7-18H,1-6H3,(H,40,43)(H,41,44)(H,42,45). The fourth-order valence-electron chi connectivity index (χ4n) is 5.14. The SMILES string of the molecule is COC(=O)c1cc(NC(=O)c2cc(C(=O)Nc3cc(C(=O)OC)cc(C(=O)OC)c3)cc(C(=O)Nc3cc(C(=O)OC)cc(C(=O)OC)c3)c2)cc(C(=O)OC)c1. The molecule has 0 fully saturated rings. The minimum absolute atomic E-state index is 0.0749. The average Bonchev–Trinajstić information content (AvgIpc) is 3.23. The van der Waals surface area contributed by atoms with E-state index in [2.05, 4.69) is 16.0 Å². The highest BCUT2D eigenvalue weighted by Crippen LogP contribution is 2.23. The molecule has 18 nitrogen and oxygen atoms in total. The maximum absolute atomic E-state index is 13.8. The van der Waals surface area contributed by atoms with Crippen LogP contribution in [0.15, 0.2) is 72.8 Å². The number of methoxy groups -OCH3 is 6. The second-order valence-corrected chi connectivity index (χ2v) is 11.5. The highest BCUT2D eigenvalue weighted by molar-refractivity contribution is 6.14. The molecule has 294 valence electrons. The van der Waals surface area contributed by atoms with Crippen LogP contribution in [0.2, 0.25) is 0 Å². The van der Waals surface area contributed by atoms with Gasteiger partial charge in [-0.1, -0.05) is 0 Å². The highest BCUT2D eigenvalue weighted by atomic mass is 16.5. The van der Waals surface area contributed by atoms with Gasteiger partial charge in [0.15, 0.2) is 0 Å². The number of esters is 6. The van der Waals surface area contributed by atoms with Gasteiger partial charge in [-0.2, -0.15) is 0 Å². The Morgan fingerprint density at radius 3 is 0.596 bits per heavy atom. The molecule has 18 heteroatoms. The summed E-state index contributed by atoms with van der Waals surface area (Å²) in [4.78, 5) is 115. The summed E-state index contributed by atoms with van der Waals surface area (Å²) in [6, 6.07) is 14.1. The summed E-state index contributed by atoms with van der Waals surface area (Å²) < 4.78 is 28.5. The molecular weight excluding hydrogens is 750 g/mol. The number of benzene rings is 4. The molecule has 0 unspecified atom stereocenters. The van der Waals surface area contributed by atoms with Gasteiger partial charge in [-0.3, -0.25) is 14.4 Å². The molecule has 3 N–H and O–H groups in total. The smallest absolute Gasteiger partial charge is 0.337 e. The zero-order chi connectivity index (χ0) is 42.0. The molecule has 4 rings (SSSR count). The lowest BCUT2D eigenvalue weighted by molar-refractivity contribution is 0.0581. The predicted octanol–water partition coefficient (Wildman–Crippen LogP) is 4.16. The van der Waals surface area contributed by atoms with Gasteiger partial charge in [-0.25, -0.2) is 28.8 Å². The Bertz CT molecular complexity index is 1960. The summed E-state index contributed by atoms with van der Waals surface area (Å²) in [5.41, 5.74) is -1.84. The van der Waals surface area contributed by atoms with Crippen LogP contribution in [0.3, 0.4) is 0 Å². The number of rotatable bonds is 12. The Hall–Kier alpha value is -7.89. The lowest BCUT2D eigenvalue weighted by atomic mass is 10.0. The van der Waals surface area contributed by atoms with E-state index in [9.17, 15) is 43.2 Å². The molecule has 0 aliphatic rings. The van der Waals surface area contributed by atoms with Gasteiger partial charge in [0.25, 0.3) is 17.7 Å². The number of nitrogens with one attached hydrogen (secondary N) is 3. The molecule has 0 spiro atoms. The van der Waals surface area contributed by atoms with Gasteiger partial charge < -0.3 is 44.4 Å². The number of carbonyl (C=O) groups excluding carboxylic acids is 9. The molecular formula is C39H33N3O15. The Labute approximate surface area is 323 Å². The molecule has 0 radical (unpaired) electrons. The summed E-state index contributed by atoms with van der Waals surface area (Å²) in [5.74, 6) is -7.84. The van der Waals surface area contributed by atoms with Crippen LogP contribution in [-0.2, 0) is 28.4 Å². The fraction of sp³-hybridized carbons (Fsp3) is 0.154. The van der Waals surface area contributed by atoms with Crippen LogP contribution < -0.4 is 16.0 Å². The molecule has 0 aliphatic carbocycles. The van der Waals surface area contributed by atoms with Crippen LogP contribution in [0.5, 0.6) is 0 Å². The maximum Gasteiger partial charge on any atom is 0.337 e. The molecule has 0 saturated heterocycles. The van der Waals surface area contributed by atoms with Crippen LogP contribution >= 0.6 is 0 Å². The monoisotopic (exact) mass is 783 g/mol. The van der Waals surface area contributed by atoms with Gasteiger partial charge >= 0.3 is 35.8 Å². The summed E-state index contributed by atoms with van der Waals surface area (Å²) in [7, 11) is 6.66. The molecule has 0 aliphatic heterocycles. The van der Waals surface area contributed by atoms with Gasteiger partial charge in [-0.15, -0.1) is 0 Å². The van der Waals surface area contributed by atoms with E-state index in [-0.39, 0.29) is 67.1 Å². The molecule has 0 bridgehead atoms. The van der Waals surface area contributed by atoms with Gasteiger partial charge in [0.2, 0.25) is 0 Å². The third-order valence-electron chi connectivity index (χ3n) is 7.82. The summed E-state index contributed by atoms with van der Waals surface area (Å²) in [5, 5.41) is 7.53. The first-order chi connectivity index (χ1) is 27.1. The van der Waals surface area contributed by atoms with Crippen LogP contribution in [-0.4, -0.2) is 96.2 Å². The van der Waals surface area contributed by atoms with Crippen molar-refractivity contribution in [3.05, 3.63) is 123 Å². The maximum atomic E-state index is 13.8. The van der Waals surface area contributed by atoms with Crippen molar-refractivity contribution in [2.24, 2.45) is 0 Å². The Balaban J connectivity index is 1.82. The van der Waals surface area contributed by atoms with E-state index in [0.717, 1.165) is 60.9 Å². The number of hydrogen-bond donors (Lipinski definition) is 3. The minimum atomic E-state index is -0.933. The highest BCUT2D eigenvalue weighted by Gasteiger charge is 2.22. The van der Waals surface area contributed by atoms with E-state index in [0.29, 0.717) is 0 Å². The second-order valence-electron chi connectivity index (χ2n) is 11.5. The molecule has 0 heterocycles. The van der Waals surface area contributed by atoms with Gasteiger partial charge in [-0.05, 0) is 72.8 Å². The predicted molar refractivity (Wildman–Crippen MR) is 198 cm³/mol. The van der Waals surface area contributed by atoms with Crippen molar-refractivity contribution in [2.75, 3.05) is 58.6 Å². The first-order valence-electron chi connectivity index (χ1n) is 16.2. The lowest BCUT2D eigenvalue weighted by Gasteiger charge is -2.14. The van der Waals surface area contributed by atoms with Crippen molar-refractivity contribution in [3.63, 3.8) is 0 Å². The van der Waals surface area contributed by atoms with Gasteiger partial charge in [0, 0.05) is 33.8 Å². The second kappa shape index (κ2) is 18.4. The number of hydrogen-bond acceptors (Lipinski definition) is 15. The van der Waals surface area contributed by atoms with E-state index in [1.165, 1.54) is 54.6 Å². The normalized spacial score (nSPS) is 10.2. The lowest BCUT2D eigenvalue weighted by Crippen LogP contribution is -2.20. The molecule has 57 heavy (non-hydrogen) atoms. The fourth-order valence-corrected chi connectivity index (χ4v) is 5.14. The molecule has 0 saturated carbocycles. The van der Waals surface area contributed by atoms with E-state index >= 15 is 0 Å². The third-order valence-corrected chi connectivity index (χ3v) is 7.82. The van der Waals surface area contributed by atoms with Crippen molar-refractivity contribution < 1.29 is 71.6 Å². The molecule has 4 aromatic rings. The quantitative estimate of drug-likeness (QED) is 0.135. The van der Waals surface area contributed by atoms with Crippen molar-refractivity contribution in [1.82, 2.24) is 0 Å². The zero-order valence-corrected chi connectivity index (χ0v) is 31.1. The van der Waals surface area contributed by atoms with Gasteiger partial charge in [0.1, 0.15) is 0 Å². The van der Waals surface area contributed by atoms with Crippen LogP contribution in [0.1, 0.15) is 93.2 Å². The zero-order valence-electron chi connectivity index (χ0n) is 31.1. The summed E-state index contributed by atoms with van der Waals surface area (Å²) >= 11 is 0. The largest absolute Gasteiger partial charge is 0.465 e. The van der Waals surface area contributed by atoms with Crippen LogP contribution in [0.25, 0.3) is 0 Å². The number of ether oxygens (including phenoxy) is 6. The first-order valence-corrected chi connectivity index (χ1v) is 16.2. The van der Waals surface area contributed by atoms with E-state index in [1.807, 2.05) is 0 Å². The van der Waals surface area contributed by atoms with Crippen molar-refractivity contribution in [1.29, 1.82) is 0 Å². The van der Waals surface area contributed by atoms with E-state index in [1.54, 1.807) is 0 Å². The number of amides is 3. The van der Waals surface area contributed by atoms with E-state index < -0.39 is 53.5 Å². The average molecular weight is 784 g/mol. The minimum Gasteiger partial charge on any atom is -0.465 e. The molecule has 3 amide bonds. The van der Waals surface area contributed by atoms with Crippen molar-refractivity contribution >= 4 is 70.6 Å². The van der Waals surface area contributed by atoms with Crippen molar-refractivity contribution in [3.8, 4) is 0 Å². The van der Waals surface area contributed by atoms with Crippen LogP contribution in [0, 0.1) is 0 Å². The van der Waals surface area contributed by atoms with Gasteiger partial charge in [0.05, 0.1) is 76.0 Å². The topological polar surface area (TPSA) is 245 Å².